The summed E-state index contributed by atoms with van der Waals surface area (Å²) < 4.78 is 29.4. The van der Waals surface area contributed by atoms with E-state index in [2.05, 4.69) is 15.1 Å². The molecule has 1 amide bonds. The molecule has 0 unspecified atom stereocenters. The van der Waals surface area contributed by atoms with Crippen molar-refractivity contribution in [1.29, 1.82) is 0 Å². The summed E-state index contributed by atoms with van der Waals surface area (Å²) in [6, 6.07) is 18.5. The van der Waals surface area contributed by atoms with Gasteiger partial charge in [0.1, 0.15) is 0 Å². The van der Waals surface area contributed by atoms with Crippen LogP contribution in [0.3, 0.4) is 0 Å². The van der Waals surface area contributed by atoms with E-state index in [4.69, 9.17) is 0 Å². The molecule has 11 heteroatoms. The molecule has 4 rings (SSSR count). The number of hydrogen-bond acceptors (Lipinski definition) is 6. The molecule has 1 aromatic heterocycles. The highest BCUT2D eigenvalue weighted by atomic mass is 32.2. The maximum absolute atomic E-state index is 12.7. The molecule has 172 valence electrons. The number of sulfonamides is 1. The first-order valence-electron chi connectivity index (χ1n) is 10.0. The van der Waals surface area contributed by atoms with Crippen LogP contribution in [-0.4, -0.2) is 29.0 Å². The highest BCUT2D eigenvalue weighted by Gasteiger charge is 2.20. The van der Waals surface area contributed by atoms with Crippen LogP contribution in [0.15, 0.2) is 90.1 Å². The Morgan fingerprint density at radius 2 is 1.76 bits per heavy atom. The smallest absolute Gasteiger partial charge is 0.273 e. The monoisotopic (exact) mass is 477 g/mol. The van der Waals surface area contributed by atoms with Crippen LogP contribution in [0.4, 0.5) is 17.1 Å². The van der Waals surface area contributed by atoms with Crippen LogP contribution in [0.25, 0.3) is 5.69 Å². The summed E-state index contributed by atoms with van der Waals surface area (Å²) in [5, 5.41) is 18.1. The first-order valence-corrected chi connectivity index (χ1v) is 11.5. The van der Waals surface area contributed by atoms with Crippen molar-refractivity contribution in [3.8, 4) is 5.69 Å². The predicted molar refractivity (Wildman–Crippen MR) is 127 cm³/mol. The molecule has 10 nitrogen and oxygen atoms in total. The summed E-state index contributed by atoms with van der Waals surface area (Å²) in [7, 11) is -4.06. The number of para-hydroxylation sites is 2. The van der Waals surface area contributed by atoms with Gasteiger partial charge in [0.05, 0.1) is 21.2 Å². The fourth-order valence-corrected chi connectivity index (χ4v) is 4.32. The van der Waals surface area contributed by atoms with Crippen molar-refractivity contribution in [2.24, 2.45) is 0 Å². The Kier molecular flexibility index (Phi) is 6.11. The zero-order valence-corrected chi connectivity index (χ0v) is 18.7. The van der Waals surface area contributed by atoms with E-state index in [9.17, 15) is 23.3 Å². The number of nitrogens with one attached hydrogen (secondary N) is 2. The molecule has 0 radical (unpaired) electrons. The number of aryl methyl sites for hydroxylation is 1. The number of nitro groups is 1. The van der Waals surface area contributed by atoms with Gasteiger partial charge in [-0.15, -0.1) is 0 Å². The molecule has 1 heterocycles. The second-order valence-corrected chi connectivity index (χ2v) is 8.99. The first-order chi connectivity index (χ1) is 16.2. The van der Waals surface area contributed by atoms with E-state index in [0.717, 1.165) is 6.07 Å². The minimum Gasteiger partial charge on any atom is -0.320 e. The molecule has 0 aliphatic heterocycles. The van der Waals surface area contributed by atoms with Gasteiger partial charge in [0.15, 0.2) is 0 Å². The van der Waals surface area contributed by atoms with Gasteiger partial charge in [-0.2, -0.15) is 5.10 Å². The van der Waals surface area contributed by atoms with E-state index >= 15 is 0 Å². The van der Waals surface area contributed by atoms with Crippen molar-refractivity contribution in [3.63, 3.8) is 0 Å². The number of nitro benzene ring substituents is 1. The maximum atomic E-state index is 12.7. The van der Waals surface area contributed by atoms with E-state index in [1.807, 2.05) is 12.1 Å². The second-order valence-electron chi connectivity index (χ2n) is 7.31. The lowest BCUT2D eigenvalue weighted by molar-refractivity contribution is -0.385. The molecule has 0 saturated carbocycles. The van der Waals surface area contributed by atoms with Gasteiger partial charge in [0.2, 0.25) is 0 Å². The van der Waals surface area contributed by atoms with Gasteiger partial charge >= 0.3 is 0 Å². The number of benzene rings is 3. The maximum Gasteiger partial charge on any atom is 0.273 e. The van der Waals surface area contributed by atoms with Crippen molar-refractivity contribution in [2.45, 2.75) is 11.8 Å². The van der Waals surface area contributed by atoms with Crippen molar-refractivity contribution in [1.82, 2.24) is 9.78 Å². The van der Waals surface area contributed by atoms with E-state index in [1.54, 1.807) is 35.3 Å². The average molecular weight is 478 g/mol. The number of anilines is 2. The van der Waals surface area contributed by atoms with Gasteiger partial charge in [0, 0.05) is 35.3 Å². The number of hydrogen-bond donors (Lipinski definition) is 2. The number of carbonyl (C=O) groups excluding carboxylic acids is 1. The molecule has 0 atom stereocenters. The highest BCUT2D eigenvalue weighted by molar-refractivity contribution is 7.92. The van der Waals surface area contributed by atoms with E-state index in [1.165, 1.54) is 43.3 Å². The number of aromatic nitrogens is 2. The van der Waals surface area contributed by atoms with Crippen molar-refractivity contribution in [2.75, 3.05) is 10.0 Å². The van der Waals surface area contributed by atoms with Crippen LogP contribution < -0.4 is 10.0 Å². The van der Waals surface area contributed by atoms with Crippen LogP contribution in [0.2, 0.25) is 0 Å². The van der Waals surface area contributed by atoms with Crippen molar-refractivity contribution < 1.29 is 18.1 Å². The molecule has 0 fully saturated rings. The van der Waals surface area contributed by atoms with Gasteiger partial charge in [-0.25, -0.2) is 13.1 Å². The van der Waals surface area contributed by atoms with Gasteiger partial charge in [0.25, 0.3) is 21.6 Å². The third-order valence-corrected chi connectivity index (χ3v) is 6.37. The Balaban J connectivity index is 1.50. The zero-order chi connectivity index (χ0) is 24.3. The second kappa shape index (κ2) is 9.16. The fourth-order valence-electron chi connectivity index (χ4n) is 3.24. The summed E-state index contributed by atoms with van der Waals surface area (Å²) in [5.74, 6) is -0.386. The largest absolute Gasteiger partial charge is 0.320 e. The van der Waals surface area contributed by atoms with Gasteiger partial charge in [-0.3, -0.25) is 19.6 Å². The number of rotatable bonds is 7. The van der Waals surface area contributed by atoms with Crippen LogP contribution >= 0.6 is 0 Å². The summed E-state index contributed by atoms with van der Waals surface area (Å²) in [5.41, 5.74) is 1.83. The summed E-state index contributed by atoms with van der Waals surface area (Å²) >= 11 is 0. The van der Waals surface area contributed by atoms with Crippen molar-refractivity contribution in [3.05, 3.63) is 106 Å². The Morgan fingerprint density at radius 3 is 2.44 bits per heavy atom. The molecule has 0 bridgehead atoms. The Hall–Kier alpha value is -4.51. The molecule has 0 aliphatic rings. The predicted octanol–water partition coefficient (Wildman–Crippen LogP) is 4.14. The number of nitrogens with zero attached hydrogens (tertiary/aromatic N) is 3. The Morgan fingerprint density at radius 1 is 1.03 bits per heavy atom. The zero-order valence-electron chi connectivity index (χ0n) is 17.9. The number of carbonyl (C=O) groups is 1. The molecule has 0 aliphatic carbocycles. The number of amides is 1. The molecular formula is C23H19N5O5S. The van der Waals surface area contributed by atoms with Crippen LogP contribution in [-0.2, 0) is 10.0 Å². The van der Waals surface area contributed by atoms with Gasteiger partial charge < -0.3 is 5.32 Å². The molecule has 0 saturated heterocycles. The van der Waals surface area contributed by atoms with E-state index in [0.29, 0.717) is 22.5 Å². The minimum absolute atomic E-state index is 0.205. The fraction of sp³-hybridized carbons (Fsp3) is 0.0435. The SMILES string of the molecule is Cc1ccc(S(=O)(=O)Nc2ccc(C(=O)Nc3ccccc3-n3cccn3)cc2)cc1[N+](=O)[O-]. The third-order valence-electron chi connectivity index (χ3n) is 4.99. The lowest BCUT2D eigenvalue weighted by Gasteiger charge is -2.12. The molecule has 2 N–H and O–H groups in total. The van der Waals surface area contributed by atoms with Crippen molar-refractivity contribution >= 4 is 33.0 Å². The van der Waals surface area contributed by atoms with Gasteiger partial charge in [-0.05, 0) is 55.5 Å². The lowest BCUT2D eigenvalue weighted by atomic mass is 10.2. The van der Waals surface area contributed by atoms with E-state index in [-0.39, 0.29) is 22.2 Å². The van der Waals surface area contributed by atoms with Crippen LogP contribution in [0, 0.1) is 17.0 Å². The summed E-state index contributed by atoms with van der Waals surface area (Å²) in [6.45, 7) is 1.53. The third kappa shape index (κ3) is 4.79. The summed E-state index contributed by atoms with van der Waals surface area (Å²) in [4.78, 5) is 23.0. The van der Waals surface area contributed by atoms with Gasteiger partial charge in [-0.1, -0.05) is 18.2 Å². The lowest BCUT2D eigenvalue weighted by Crippen LogP contribution is -2.15. The van der Waals surface area contributed by atoms with Crippen LogP contribution in [0.1, 0.15) is 15.9 Å². The Labute approximate surface area is 195 Å². The quantitative estimate of drug-likeness (QED) is 0.303. The standard InChI is InChI=1S/C23H19N5O5S/c1-16-7-12-19(15-22(16)28(30)31)34(32,33)26-18-10-8-17(9-11-18)23(29)25-20-5-2-3-6-21(20)27-14-4-13-24-27/h2-15,26H,1H3,(H,25,29). The Bertz CT molecular complexity index is 1470. The minimum atomic E-state index is -4.06. The summed E-state index contributed by atoms with van der Waals surface area (Å²) in [6.07, 6.45) is 3.39. The normalized spacial score (nSPS) is 11.1. The molecule has 0 spiro atoms. The molecule has 3 aromatic carbocycles. The molecule has 34 heavy (non-hydrogen) atoms. The van der Waals surface area contributed by atoms with Crippen LogP contribution in [0.5, 0.6) is 0 Å². The topological polar surface area (TPSA) is 136 Å². The highest BCUT2D eigenvalue weighted by Crippen LogP contribution is 2.25. The average Bonchev–Trinajstić information content (AvgIpc) is 3.34. The van der Waals surface area contributed by atoms with E-state index < -0.39 is 14.9 Å². The first kappa shape index (κ1) is 22.7. The molecular weight excluding hydrogens is 458 g/mol. The molecule has 4 aromatic rings.